The van der Waals surface area contributed by atoms with Gasteiger partial charge < -0.3 is 15.6 Å². The zero-order chi connectivity index (χ0) is 21.5. The predicted octanol–water partition coefficient (Wildman–Crippen LogP) is 3.97. The summed E-state index contributed by atoms with van der Waals surface area (Å²) in [6, 6.07) is 4.54. The molecule has 1 unspecified atom stereocenters. The van der Waals surface area contributed by atoms with Crippen molar-refractivity contribution in [2.45, 2.75) is 44.2 Å². The standard InChI is InChI=1S/C22H21Cl2N5O2/c23-14-5-11(6-15(24)7-14)8-27-22(31)18(13-3-4-13)29-21(30)16-9-25-20-19(16)28-17(10-26-20)12-1-2-12/h5-7,9-10,12-13,18H,1-4,8H2,(H,25,26)(H,27,31)(H,29,30). The highest BCUT2D eigenvalue weighted by atomic mass is 35.5. The SMILES string of the molecule is O=C(NC(C(=O)NCc1cc(Cl)cc(Cl)c1)C1CC1)c1c[nH]c2ncc(C3CC3)nc12. The van der Waals surface area contributed by atoms with E-state index in [2.05, 4.69) is 25.6 Å². The normalized spacial score (nSPS) is 16.8. The van der Waals surface area contributed by atoms with E-state index < -0.39 is 6.04 Å². The number of nitrogens with zero attached hydrogens (tertiary/aromatic N) is 2. The van der Waals surface area contributed by atoms with Gasteiger partial charge in [0.15, 0.2) is 5.65 Å². The van der Waals surface area contributed by atoms with Crippen LogP contribution in [0.2, 0.25) is 10.0 Å². The first-order chi connectivity index (χ1) is 15.0. The Labute approximate surface area is 188 Å². The monoisotopic (exact) mass is 457 g/mol. The van der Waals surface area contributed by atoms with Crippen LogP contribution in [0.4, 0.5) is 0 Å². The summed E-state index contributed by atoms with van der Waals surface area (Å²) in [5.74, 6) is 0.0146. The van der Waals surface area contributed by atoms with Gasteiger partial charge in [0.05, 0.1) is 17.5 Å². The van der Waals surface area contributed by atoms with E-state index in [0.29, 0.717) is 32.7 Å². The number of halogens is 2. The van der Waals surface area contributed by atoms with E-state index in [1.807, 2.05) is 0 Å². The lowest BCUT2D eigenvalue weighted by Gasteiger charge is -2.18. The number of aromatic nitrogens is 3. The van der Waals surface area contributed by atoms with Crippen LogP contribution in [0.15, 0.2) is 30.6 Å². The maximum absolute atomic E-state index is 13.0. The summed E-state index contributed by atoms with van der Waals surface area (Å²) in [6.45, 7) is 0.279. The van der Waals surface area contributed by atoms with E-state index in [4.69, 9.17) is 23.2 Å². The number of rotatable bonds is 7. The van der Waals surface area contributed by atoms with Crippen LogP contribution in [0.5, 0.6) is 0 Å². The van der Waals surface area contributed by atoms with Crippen molar-refractivity contribution in [3.05, 3.63) is 57.5 Å². The van der Waals surface area contributed by atoms with Gasteiger partial charge >= 0.3 is 0 Å². The number of aromatic amines is 1. The Bertz CT molecular complexity index is 1150. The summed E-state index contributed by atoms with van der Waals surface area (Å²) >= 11 is 12.1. The van der Waals surface area contributed by atoms with Gasteiger partial charge in [-0.1, -0.05) is 23.2 Å². The fourth-order valence-electron chi connectivity index (χ4n) is 3.71. The van der Waals surface area contributed by atoms with Crippen LogP contribution in [0.1, 0.15) is 53.2 Å². The lowest BCUT2D eigenvalue weighted by molar-refractivity contribution is -0.123. The lowest BCUT2D eigenvalue weighted by Crippen LogP contribution is -2.47. The number of hydrogen-bond acceptors (Lipinski definition) is 4. The van der Waals surface area contributed by atoms with Gasteiger partial charge in [-0.25, -0.2) is 9.97 Å². The van der Waals surface area contributed by atoms with Crippen molar-refractivity contribution in [2.75, 3.05) is 0 Å². The third-order valence-corrected chi connectivity index (χ3v) is 6.13. The molecule has 160 valence electrons. The molecule has 1 aromatic carbocycles. The molecule has 3 aromatic rings. The quantitative estimate of drug-likeness (QED) is 0.499. The Hall–Kier alpha value is -2.64. The molecule has 0 bridgehead atoms. The molecule has 0 aliphatic heterocycles. The van der Waals surface area contributed by atoms with Gasteiger partial charge in [0.1, 0.15) is 11.6 Å². The molecule has 5 rings (SSSR count). The van der Waals surface area contributed by atoms with Crippen molar-refractivity contribution < 1.29 is 9.59 Å². The fraction of sp³-hybridized carbons (Fsp3) is 0.364. The number of benzene rings is 1. The zero-order valence-electron chi connectivity index (χ0n) is 16.6. The molecule has 0 radical (unpaired) electrons. The molecule has 0 spiro atoms. The zero-order valence-corrected chi connectivity index (χ0v) is 18.1. The molecule has 31 heavy (non-hydrogen) atoms. The molecule has 0 saturated heterocycles. The first kappa shape index (κ1) is 20.3. The Balaban J connectivity index is 1.29. The minimum absolute atomic E-state index is 0.130. The van der Waals surface area contributed by atoms with Crippen LogP contribution in [-0.2, 0) is 11.3 Å². The highest BCUT2D eigenvalue weighted by Gasteiger charge is 2.37. The molecule has 1 atom stereocenters. The van der Waals surface area contributed by atoms with E-state index in [9.17, 15) is 9.59 Å². The van der Waals surface area contributed by atoms with Crippen molar-refractivity contribution in [3.8, 4) is 0 Å². The number of nitrogens with one attached hydrogen (secondary N) is 3. The van der Waals surface area contributed by atoms with Gasteiger partial charge in [-0.3, -0.25) is 9.59 Å². The van der Waals surface area contributed by atoms with E-state index in [1.54, 1.807) is 30.6 Å². The van der Waals surface area contributed by atoms with Gasteiger partial charge in [0.25, 0.3) is 5.91 Å². The van der Waals surface area contributed by atoms with Gasteiger partial charge in [0, 0.05) is 28.7 Å². The topological polar surface area (TPSA) is 99.8 Å². The van der Waals surface area contributed by atoms with E-state index >= 15 is 0 Å². The van der Waals surface area contributed by atoms with Gasteiger partial charge in [-0.05, 0) is 55.4 Å². The Morgan fingerprint density at radius 1 is 1.13 bits per heavy atom. The van der Waals surface area contributed by atoms with Crippen LogP contribution in [0.3, 0.4) is 0 Å². The molecule has 2 aliphatic carbocycles. The summed E-state index contributed by atoms with van der Waals surface area (Å²) in [5.41, 5.74) is 3.24. The van der Waals surface area contributed by atoms with Gasteiger partial charge in [-0.15, -0.1) is 0 Å². The van der Waals surface area contributed by atoms with Crippen molar-refractivity contribution in [1.82, 2.24) is 25.6 Å². The minimum atomic E-state index is -0.605. The van der Waals surface area contributed by atoms with E-state index in [0.717, 1.165) is 36.9 Å². The third-order valence-electron chi connectivity index (χ3n) is 5.69. The lowest BCUT2D eigenvalue weighted by atomic mass is 10.1. The molecule has 2 saturated carbocycles. The summed E-state index contributed by atoms with van der Waals surface area (Å²) in [4.78, 5) is 37.9. The highest BCUT2D eigenvalue weighted by molar-refractivity contribution is 6.34. The maximum Gasteiger partial charge on any atom is 0.255 e. The van der Waals surface area contributed by atoms with Crippen molar-refractivity contribution >= 4 is 46.2 Å². The number of carbonyl (C=O) groups is 2. The molecular formula is C22H21Cl2N5O2. The maximum atomic E-state index is 13.0. The van der Waals surface area contributed by atoms with Crippen LogP contribution in [-0.4, -0.2) is 32.8 Å². The Morgan fingerprint density at radius 2 is 1.87 bits per heavy atom. The summed E-state index contributed by atoms with van der Waals surface area (Å²) in [6.07, 6.45) is 7.39. The molecular weight excluding hydrogens is 437 g/mol. The average molecular weight is 458 g/mol. The second-order valence-electron chi connectivity index (χ2n) is 8.25. The summed E-state index contributed by atoms with van der Waals surface area (Å²) in [7, 11) is 0. The van der Waals surface area contributed by atoms with Crippen molar-refractivity contribution in [1.29, 1.82) is 0 Å². The molecule has 2 heterocycles. The van der Waals surface area contributed by atoms with Crippen molar-refractivity contribution in [2.24, 2.45) is 5.92 Å². The van der Waals surface area contributed by atoms with E-state index in [1.165, 1.54) is 0 Å². The Kier molecular flexibility index (Phi) is 5.32. The van der Waals surface area contributed by atoms with Crippen LogP contribution in [0, 0.1) is 5.92 Å². The second-order valence-corrected chi connectivity index (χ2v) is 9.13. The molecule has 7 nitrogen and oxygen atoms in total. The van der Waals surface area contributed by atoms with Gasteiger partial charge in [-0.2, -0.15) is 0 Å². The highest BCUT2D eigenvalue weighted by Crippen LogP contribution is 2.39. The van der Waals surface area contributed by atoms with Crippen LogP contribution < -0.4 is 10.6 Å². The predicted molar refractivity (Wildman–Crippen MR) is 118 cm³/mol. The first-order valence-electron chi connectivity index (χ1n) is 10.4. The number of amides is 2. The molecule has 2 aromatic heterocycles. The van der Waals surface area contributed by atoms with Crippen LogP contribution >= 0.6 is 23.2 Å². The van der Waals surface area contributed by atoms with Gasteiger partial charge in [0.2, 0.25) is 5.91 Å². The molecule has 2 fully saturated rings. The Morgan fingerprint density at radius 3 is 2.55 bits per heavy atom. The molecule has 2 amide bonds. The molecule has 3 N–H and O–H groups in total. The first-order valence-corrected chi connectivity index (χ1v) is 11.1. The second kappa shape index (κ2) is 8.13. The smallest absolute Gasteiger partial charge is 0.255 e. The van der Waals surface area contributed by atoms with E-state index in [-0.39, 0.29) is 24.3 Å². The number of fused-ring (bicyclic) bond motifs is 1. The molecule has 2 aliphatic rings. The summed E-state index contributed by atoms with van der Waals surface area (Å²) < 4.78 is 0. The third kappa shape index (κ3) is 4.52. The number of H-pyrrole nitrogens is 1. The average Bonchev–Trinajstić information content (AvgIpc) is 3.66. The van der Waals surface area contributed by atoms with Crippen LogP contribution in [0.25, 0.3) is 11.2 Å². The minimum Gasteiger partial charge on any atom is -0.350 e. The number of hydrogen-bond donors (Lipinski definition) is 3. The summed E-state index contributed by atoms with van der Waals surface area (Å²) in [5, 5.41) is 6.81. The largest absolute Gasteiger partial charge is 0.350 e. The molecule has 9 heteroatoms. The fourth-order valence-corrected chi connectivity index (χ4v) is 4.28. The number of carbonyl (C=O) groups excluding carboxylic acids is 2. The van der Waals surface area contributed by atoms with Crippen molar-refractivity contribution in [3.63, 3.8) is 0 Å².